The first-order valence-corrected chi connectivity index (χ1v) is 11.4. The summed E-state index contributed by atoms with van der Waals surface area (Å²) in [6.07, 6.45) is 11.1. The first kappa shape index (κ1) is 20.4. The Hall–Kier alpha value is -1.88. The zero-order chi connectivity index (χ0) is 20.5. The fraction of sp³-hybridized carbons (Fsp3) is 0.609. The summed E-state index contributed by atoms with van der Waals surface area (Å²) < 4.78 is 0. The van der Waals surface area contributed by atoms with E-state index in [0.29, 0.717) is 11.5 Å². The number of aliphatic imine (C=N–C) groups is 1. The van der Waals surface area contributed by atoms with Crippen molar-refractivity contribution in [2.24, 2.45) is 21.9 Å². The van der Waals surface area contributed by atoms with Crippen molar-refractivity contribution in [3.05, 3.63) is 34.2 Å². The number of hydrogen-bond donors (Lipinski definition) is 0. The SMILES string of the molecule is CCCN(CCC)C1=C2CCCC2=NC2C(C3=CCC(C=O)C=C3Cl)C(C)=NN12. The second-order valence-electron chi connectivity index (χ2n) is 8.41. The van der Waals surface area contributed by atoms with Gasteiger partial charge in [-0.05, 0) is 51.0 Å². The fourth-order valence-electron chi connectivity index (χ4n) is 5.03. The zero-order valence-corrected chi connectivity index (χ0v) is 18.5. The van der Waals surface area contributed by atoms with Crippen LogP contribution in [0.25, 0.3) is 0 Å². The molecule has 0 saturated heterocycles. The van der Waals surface area contributed by atoms with Gasteiger partial charge >= 0.3 is 0 Å². The van der Waals surface area contributed by atoms with Crippen molar-refractivity contribution in [3.63, 3.8) is 0 Å². The van der Waals surface area contributed by atoms with Crippen LogP contribution in [0.2, 0.25) is 0 Å². The smallest absolute Gasteiger partial charge is 0.156 e. The van der Waals surface area contributed by atoms with E-state index in [1.807, 2.05) is 6.08 Å². The first-order valence-electron chi connectivity index (χ1n) is 11.0. The molecule has 2 aliphatic heterocycles. The quantitative estimate of drug-likeness (QED) is 0.559. The monoisotopic (exact) mass is 414 g/mol. The minimum absolute atomic E-state index is 0.0427. The van der Waals surface area contributed by atoms with Gasteiger partial charge in [0.25, 0.3) is 0 Å². The number of hydrogen-bond acceptors (Lipinski definition) is 5. The largest absolute Gasteiger partial charge is 0.357 e. The lowest BCUT2D eigenvalue weighted by Crippen LogP contribution is -2.43. The van der Waals surface area contributed by atoms with E-state index in [-0.39, 0.29) is 18.0 Å². The van der Waals surface area contributed by atoms with Gasteiger partial charge in [0.2, 0.25) is 0 Å². The minimum Gasteiger partial charge on any atom is -0.357 e. The van der Waals surface area contributed by atoms with Crippen molar-refractivity contribution in [1.82, 2.24) is 9.91 Å². The van der Waals surface area contributed by atoms with Crippen LogP contribution in [0.15, 0.2) is 44.2 Å². The molecule has 156 valence electrons. The molecule has 1 saturated carbocycles. The third-order valence-corrected chi connectivity index (χ3v) is 6.61. The molecule has 5 nitrogen and oxygen atoms in total. The number of allylic oxidation sites excluding steroid dienone is 4. The van der Waals surface area contributed by atoms with Crippen molar-refractivity contribution in [3.8, 4) is 0 Å². The molecule has 0 spiro atoms. The highest BCUT2D eigenvalue weighted by Crippen LogP contribution is 2.44. The first-order chi connectivity index (χ1) is 14.1. The van der Waals surface area contributed by atoms with Crippen LogP contribution in [0, 0.1) is 11.8 Å². The molecule has 0 aromatic heterocycles. The highest BCUT2D eigenvalue weighted by Gasteiger charge is 2.45. The fourth-order valence-corrected chi connectivity index (χ4v) is 5.38. The maximum atomic E-state index is 11.2. The molecule has 2 aliphatic carbocycles. The third kappa shape index (κ3) is 3.58. The number of halogens is 1. The molecule has 6 heteroatoms. The molecule has 0 aromatic rings. The second-order valence-corrected chi connectivity index (χ2v) is 8.81. The number of carbonyl (C=O) groups excluding carboxylic acids is 1. The number of fused-ring (bicyclic) bond motifs is 2. The molecular weight excluding hydrogens is 384 g/mol. The Morgan fingerprint density at radius 3 is 2.69 bits per heavy atom. The summed E-state index contributed by atoms with van der Waals surface area (Å²) in [5, 5.41) is 7.87. The number of hydrazone groups is 1. The van der Waals surface area contributed by atoms with Gasteiger partial charge in [0.1, 0.15) is 12.1 Å². The van der Waals surface area contributed by atoms with E-state index in [4.69, 9.17) is 21.7 Å². The predicted molar refractivity (Wildman–Crippen MR) is 119 cm³/mol. The van der Waals surface area contributed by atoms with Gasteiger partial charge < -0.3 is 9.69 Å². The molecule has 4 rings (SSSR count). The zero-order valence-electron chi connectivity index (χ0n) is 17.7. The normalized spacial score (nSPS) is 28.4. The Bertz CT molecular complexity index is 832. The average molecular weight is 415 g/mol. The lowest BCUT2D eigenvalue weighted by Gasteiger charge is -2.39. The van der Waals surface area contributed by atoms with Crippen molar-refractivity contribution in [1.29, 1.82) is 0 Å². The lowest BCUT2D eigenvalue weighted by molar-refractivity contribution is -0.109. The Labute approximate surface area is 178 Å². The summed E-state index contributed by atoms with van der Waals surface area (Å²) >= 11 is 6.63. The van der Waals surface area contributed by atoms with Crippen molar-refractivity contribution >= 4 is 29.3 Å². The molecule has 3 unspecified atom stereocenters. The van der Waals surface area contributed by atoms with E-state index in [0.717, 1.165) is 56.3 Å². The molecule has 3 atom stereocenters. The van der Waals surface area contributed by atoms with Crippen LogP contribution in [0.1, 0.15) is 59.3 Å². The molecule has 0 aromatic carbocycles. The van der Waals surface area contributed by atoms with Crippen molar-refractivity contribution in [2.45, 2.75) is 65.5 Å². The summed E-state index contributed by atoms with van der Waals surface area (Å²) in [7, 11) is 0. The minimum atomic E-state index is -0.125. The van der Waals surface area contributed by atoms with E-state index in [2.05, 4.69) is 36.8 Å². The molecule has 0 N–H and O–H groups in total. The number of nitrogens with zero attached hydrogens (tertiary/aromatic N) is 4. The van der Waals surface area contributed by atoms with E-state index in [9.17, 15) is 4.79 Å². The Morgan fingerprint density at radius 2 is 2.03 bits per heavy atom. The van der Waals surface area contributed by atoms with Gasteiger partial charge in [0.05, 0.1) is 5.92 Å². The van der Waals surface area contributed by atoms with Crippen LogP contribution < -0.4 is 0 Å². The van der Waals surface area contributed by atoms with Gasteiger partial charge in [-0.15, -0.1) is 0 Å². The van der Waals surface area contributed by atoms with E-state index < -0.39 is 0 Å². The van der Waals surface area contributed by atoms with Crippen molar-refractivity contribution in [2.75, 3.05) is 13.1 Å². The Kier molecular flexibility index (Phi) is 5.95. The van der Waals surface area contributed by atoms with Crippen LogP contribution in [-0.2, 0) is 4.79 Å². The summed E-state index contributed by atoms with van der Waals surface area (Å²) in [4.78, 5) is 18.9. The summed E-state index contributed by atoms with van der Waals surface area (Å²) in [5.74, 6) is 1.19. The highest BCUT2D eigenvalue weighted by molar-refractivity contribution is 6.32. The van der Waals surface area contributed by atoms with E-state index >= 15 is 0 Å². The standard InChI is InChI=1S/C23H31ClN4O/c1-4-11-27(12-5-2)23-18-7-6-8-20(18)25-22-21(15(3)26-28(22)23)17-10-9-16(14-29)13-19(17)24/h10,13-14,16,21-22H,4-9,11-12H2,1-3H3. The van der Waals surface area contributed by atoms with Crippen LogP contribution >= 0.6 is 11.6 Å². The van der Waals surface area contributed by atoms with E-state index in [1.54, 1.807) is 0 Å². The second kappa shape index (κ2) is 8.47. The van der Waals surface area contributed by atoms with Gasteiger partial charge in [0, 0.05) is 41.0 Å². The number of aldehydes is 1. The van der Waals surface area contributed by atoms with Gasteiger partial charge in [-0.2, -0.15) is 5.10 Å². The Balaban J connectivity index is 1.72. The molecular formula is C23H31ClN4O. The molecule has 0 radical (unpaired) electrons. The van der Waals surface area contributed by atoms with Crippen LogP contribution in [0.4, 0.5) is 0 Å². The van der Waals surface area contributed by atoms with Gasteiger partial charge in [-0.25, -0.2) is 5.01 Å². The van der Waals surface area contributed by atoms with Crippen LogP contribution in [0.3, 0.4) is 0 Å². The topological polar surface area (TPSA) is 48.3 Å². The molecule has 1 fully saturated rings. The van der Waals surface area contributed by atoms with Crippen molar-refractivity contribution < 1.29 is 4.79 Å². The number of rotatable bonds is 7. The lowest BCUT2D eigenvalue weighted by atomic mass is 9.85. The molecule has 4 aliphatic rings. The van der Waals surface area contributed by atoms with Crippen LogP contribution in [0.5, 0.6) is 0 Å². The van der Waals surface area contributed by atoms with Gasteiger partial charge in [0.15, 0.2) is 6.17 Å². The molecule has 2 heterocycles. The van der Waals surface area contributed by atoms with Crippen LogP contribution in [-0.4, -0.2) is 46.9 Å². The number of carbonyl (C=O) groups is 1. The average Bonchev–Trinajstić information content (AvgIpc) is 3.29. The summed E-state index contributed by atoms with van der Waals surface area (Å²) in [6, 6.07) is 0. The molecule has 0 amide bonds. The molecule has 29 heavy (non-hydrogen) atoms. The third-order valence-electron chi connectivity index (χ3n) is 6.27. The predicted octanol–water partition coefficient (Wildman–Crippen LogP) is 4.86. The van der Waals surface area contributed by atoms with E-state index in [1.165, 1.54) is 23.5 Å². The maximum Gasteiger partial charge on any atom is 0.156 e. The molecule has 0 bridgehead atoms. The Morgan fingerprint density at radius 1 is 1.28 bits per heavy atom. The summed E-state index contributed by atoms with van der Waals surface area (Å²) in [5.41, 5.74) is 4.77. The van der Waals surface area contributed by atoms with Gasteiger partial charge in [-0.1, -0.05) is 37.6 Å². The van der Waals surface area contributed by atoms with Gasteiger partial charge in [-0.3, -0.25) is 4.99 Å². The highest BCUT2D eigenvalue weighted by atomic mass is 35.5. The summed E-state index contributed by atoms with van der Waals surface area (Å²) in [6.45, 7) is 8.63. The maximum absolute atomic E-state index is 11.2.